The molecule has 0 atom stereocenters. The fourth-order valence-electron chi connectivity index (χ4n) is 1.17. The highest BCUT2D eigenvalue weighted by atomic mass is 32.1. The number of carboxylic acid groups (broad SMARTS) is 1. The van der Waals surface area contributed by atoms with E-state index >= 15 is 0 Å². The molecule has 0 aliphatic carbocycles. The minimum Gasteiger partial charge on any atom is -0.490 e. The van der Waals surface area contributed by atoms with Gasteiger partial charge in [-0.15, -0.1) is 11.3 Å². The van der Waals surface area contributed by atoms with E-state index in [0.29, 0.717) is 18.9 Å². The Morgan fingerprint density at radius 2 is 2.19 bits per heavy atom. The summed E-state index contributed by atoms with van der Waals surface area (Å²) in [5.41, 5.74) is 5.26. The summed E-state index contributed by atoms with van der Waals surface area (Å²) in [6, 6.07) is 1.80. The highest BCUT2D eigenvalue weighted by Gasteiger charge is 2.23. The van der Waals surface area contributed by atoms with E-state index in [0.717, 1.165) is 4.88 Å². The van der Waals surface area contributed by atoms with Crippen LogP contribution in [0.25, 0.3) is 0 Å². The molecule has 1 aromatic rings. The molecule has 4 nitrogen and oxygen atoms in total. The molecule has 1 rings (SSSR count). The van der Waals surface area contributed by atoms with Gasteiger partial charge in [0.25, 0.3) is 0 Å². The molecule has 0 saturated carbocycles. The van der Waals surface area contributed by atoms with Crippen LogP contribution in [0.15, 0.2) is 6.07 Å². The molecule has 1 aromatic heterocycles. The van der Waals surface area contributed by atoms with Gasteiger partial charge < -0.3 is 15.6 Å². The average Bonchev–Trinajstić information content (AvgIpc) is 2.57. The van der Waals surface area contributed by atoms with Gasteiger partial charge in [-0.05, 0) is 11.5 Å². The highest BCUT2D eigenvalue weighted by Crippen LogP contribution is 2.36. The third kappa shape index (κ3) is 2.96. The van der Waals surface area contributed by atoms with Gasteiger partial charge in [-0.2, -0.15) is 0 Å². The number of rotatable bonds is 4. The zero-order valence-electron chi connectivity index (χ0n) is 9.74. The molecule has 5 heteroatoms. The highest BCUT2D eigenvalue weighted by molar-refractivity contribution is 7.14. The first-order valence-electron chi connectivity index (χ1n) is 5.06. The lowest BCUT2D eigenvalue weighted by Crippen LogP contribution is -2.11. The summed E-state index contributed by atoms with van der Waals surface area (Å²) in [7, 11) is 0. The zero-order valence-corrected chi connectivity index (χ0v) is 10.6. The quantitative estimate of drug-likeness (QED) is 0.849. The number of nitrogens with two attached hydrogens (primary N) is 1. The predicted molar refractivity (Wildman–Crippen MR) is 64.5 cm³/mol. The average molecular weight is 243 g/mol. The summed E-state index contributed by atoms with van der Waals surface area (Å²) in [6.07, 6.45) is 0. The Morgan fingerprint density at radius 1 is 1.56 bits per heavy atom. The summed E-state index contributed by atoms with van der Waals surface area (Å²) in [5, 5.41) is 9.04. The molecule has 0 amide bonds. The van der Waals surface area contributed by atoms with Crippen molar-refractivity contribution in [2.45, 2.75) is 26.2 Å². The first kappa shape index (κ1) is 13.0. The van der Waals surface area contributed by atoms with Crippen molar-refractivity contribution in [2.24, 2.45) is 5.73 Å². The third-order valence-corrected chi connectivity index (χ3v) is 3.54. The lowest BCUT2D eigenvalue weighted by atomic mass is 9.95. The largest absolute Gasteiger partial charge is 0.490 e. The molecule has 90 valence electrons. The van der Waals surface area contributed by atoms with Crippen molar-refractivity contribution in [1.82, 2.24) is 0 Å². The Labute approximate surface area is 99.0 Å². The van der Waals surface area contributed by atoms with E-state index in [9.17, 15) is 4.79 Å². The minimum absolute atomic E-state index is 0.0702. The maximum atomic E-state index is 11.0. The SMILES string of the molecule is CC(C)(C)c1cc(OCCN)c(C(=O)O)s1. The monoisotopic (exact) mass is 243 g/mol. The molecular weight excluding hydrogens is 226 g/mol. The summed E-state index contributed by atoms with van der Waals surface area (Å²) in [6.45, 7) is 6.83. The smallest absolute Gasteiger partial charge is 0.349 e. The zero-order chi connectivity index (χ0) is 12.3. The lowest BCUT2D eigenvalue weighted by Gasteiger charge is -2.14. The number of hydrogen-bond acceptors (Lipinski definition) is 4. The van der Waals surface area contributed by atoms with Crippen LogP contribution in [0.5, 0.6) is 5.75 Å². The number of carboxylic acids is 1. The molecule has 3 N–H and O–H groups in total. The van der Waals surface area contributed by atoms with Crippen molar-refractivity contribution >= 4 is 17.3 Å². The van der Waals surface area contributed by atoms with E-state index in [4.69, 9.17) is 15.6 Å². The summed E-state index contributed by atoms with van der Waals surface area (Å²) in [4.78, 5) is 12.3. The Hall–Kier alpha value is -1.07. The maximum absolute atomic E-state index is 11.0. The van der Waals surface area contributed by atoms with Gasteiger partial charge >= 0.3 is 5.97 Å². The van der Waals surface area contributed by atoms with Crippen LogP contribution in [-0.2, 0) is 5.41 Å². The number of aromatic carboxylic acids is 1. The summed E-state index contributed by atoms with van der Waals surface area (Å²) < 4.78 is 5.33. The summed E-state index contributed by atoms with van der Waals surface area (Å²) in [5.74, 6) is -0.527. The molecule has 1 heterocycles. The summed E-state index contributed by atoms with van der Waals surface area (Å²) >= 11 is 1.26. The standard InChI is InChI=1S/C11H17NO3S/c1-11(2,3)8-6-7(15-5-4-12)9(16-8)10(13)14/h6H,4-5,12H2,1-3H3,(H,13,14). The maximum Gasteiger partial charge on any atom is 0.349 e. The van der Waals surface area contributed by atoms with Gasteiger partial charge in [-0.1, -0.05) is 20.8 Å². The number of carbonyl (C=O) groups is 1. The Balaban J connectivity index is 3.05. The lowest BCUT2D eigenvalue weighted by molar-refractivity contribution is 0.0698. The second kappa shape index (κ2) is 4.84. The predicted octanol–water partition coefficient (Wildman–Crippen LogP) is 2.08. The molecule has 0 aliphatic rings. The van der Waals surface area contributed by atoms with E-state index in [-0.39, 0.29) is 10.3 Å². The molecule has 0 bridgehead atoms. The minimum atomic E-state index is -0.951. The molecule has 0 aromatic carbocycles. The van der Waals surface area contributed by atoms with Gasteiger partial charge in [-0.25, -0.2) is 4.79 Å². The van der Waals surface area contributed by atoms with Crippen LogP contribution in [0.3, 0.4) is 0 Å². The van der Waals surface area contributed by atoms with E-state index in [1.807, 2.05) is 20.8 Å². The van der Waals surface area contributed by atoms with Crippen LogP contribution in [0.4, 0.5) is 0 Å². The van der Waals surface area contributed by atoms with Crippen LogP contribution in [0.1, 0.15) is 35.3 Å². The van der Waals surface area contributed by atoms with Gasteiger partial charge in [0.1, 0.15) is 12.4 Å². The van der Waals surface area contributed by atoms with E-state index < -0.39 is 5.97 Å². The number of hydrogen-bond donors (Lipinski definition) is 2. The van der Waals surface area contributed by atoms with Gasteiger partial charge in [-0.3, -0.25) is 0 Å². The van der Waals surface area contributed by atoms with Crippen molar-refractivity contribution < 1.29 is 14.6 Å². The number of thiophene rings is 1. The fraction of sp³-hybridized carbons (Fsp3) is 0.545. The van der Waals surface area contributed by atoms with Crippen LogP contribution >= 0.6 is 11.3 Å². The van der Waals surface area contributed by atoms with Gasteiger partial charge in [0.15, 0.2) is 4.88 Å². The molecule has 0 spiro atoms. The Kier molecular flexibility index (Phi) is 3.93. The molecular formula is C11H17NO3S. The van der Waals surface area contributed by atoms with E-state index in [1.54, 1.807) is 6.07 Å². The molecule has 0 saturated heterocycles. The first-order chi connectivity index (χ1) is 7.36. The number of ether oxygens (including phenoxy) is 1. The van der Waals surface area contributed by atoms with E-state index in [1.165, 1.54) is 11.3 Å². The Morgan fingerprint density at radius 3 is 2.62 bits per heavy atom. The van der Waals surface area contributed by atoms with E-state index in [2.05, 4.69) is 0 Å². The third-order valence-electron chi connectivity index (χ3n) is 2.01. The molecule has 0 fully saturated rings. The molecule has 0 unspecified atom stereocenters. The second-order valence-electron chi connectivity index (χ2n) is 4.50. The molecule has 0 aliphatic heterocycles. The van der Waals surface area contributed by atoms with Crippen molar-refractivity contribution in [3.05, 3.63) is 15.8 Å². The first-order valence-corrected chi connectivity index (χ1v) is 5.88. The van der Waals surface area contributed by atoms with Crippen LogP contribution in [-0.4, -0.2) is 24.2 Å². The van der Waals surface area contributed by atoms with Crippen molar-refractivity contribution in [3.63, 3.8) is 0 Å². The fourth-order valence-corrected chi connectivity index (χ4v) is 2.17. The van der Waals surface area contributed by atoms with Crippen LogP contribution in [0, 0.1) is 0 Å². The van der Waals surface area contributed by atoms with Crippen molar-refractivity contribution in [1.29, 1.82) is 0 Å². The van der Waals surface area contributed by atoms with Gasteiger partial charge in [0, 0.05) is 11.4 Å². The normalized spacial score (nSPS) is 11.5. The van der Waals surface area contributed by atoms with Crippen molar-refractivity contribution in [3.8, 4) is 5.75 Å². The Bertz CT molecular complexity index is 379. The topological polar surface area (TPSA) is 72.5 Å². The second-order valence-corrected chi connectivity index (χ2v) is 5.55. The van der Waals surface area contributed by atoms with Crippen LogP contribution < -0.4 is 10.5 Å². The van der Waals surface area contributed by atoms with Gasteiger partial charge in [0.2, 0.25) is 0 Å². The molecule has 16 heavy (non-hydrogen) atoms. The van der Waals surface area contributed by atoms with Crippen LogP contribution in [0.2, 0.25) is 0 Å². The molecule has 0 radical (unpaired) electrons. The van der Waals surface area contributed by atoms with Gasteiger partial charge in [0.05, 0.1) is 0 Å². The van der Waals surface area contributed by atoms with Crippen molar-refractivity contribution in [2.75, 3.05) is 13.2 Å².